The zero-order chi connectivity index (χ0) is 9.80. The van der Waals surface area contributed by atoms with Gasteiger partial charge in [0.1, 0.15) is 0 Å². The molecule has 4 heteroatoms. The van der Waals surface area contributed by atoms with Gasteiger partial charge in [-0.3, -0.25) is 4.68 Å². The summed E-state index contributed by atoms with van der Waals surface area (Å²) < 4.78 is 7.39. The van der Waals surface area contributed by atoms with Gasteiger partial charge in [-0.2, -0.15) is 5.10 Å². The molecule has 1 aliphatic heterocycles. The molecule has 1 saturated heterocycles. The Morgan fingerprint density at radius 2 is 2.57 bits per heavy atom. The number of rotatable bonds is 4. The summed E-state index contributed by atoms with van der Waals surface area (Å²) in [7, 11) is 0. The second-order valence-corrected chi connectivity index (χ2v) is 3.69. The van der Waals surface area contributed by atoms with Crippen LogP contribution in [0.5, 0.6) is 0 Å². The molecule has 78 valence electrons. The van der Waals surface area contributed by atoms with E-state index in [-0.39, 0.29) is 6.61 Å². The summed E-state index contributed by atoms with van der Waals surface area (Å²) in [6.07, 6.45) is 7.38. The van der Waals surface area contributed by atoms with Crippen LogP contribution in [-0.4, -0.2) is 27.6 Å². The lowest BCUT2D eigenvalue weighted by Gasteiger charge is -2.08. The minimum Gasteiger partial charge on any atom is -0.392 e. The van der Waals surface area contributed by atoms with Crippen molar-refractivity contribution in [2.75, 3.05) is 6.61 Å². The number of hydrogen-bond donors (Lipinski definition) is 1. The van der Waals surface area contributed by atoms with Gasteiger partial charge in [0, 0.05) is 24.9 Å². The molecule has 0 spiro atoms. The zero-order valence-electron chi connectivity index (χ0n) is 8.22. The van der Waals surface area contributed by atoms with E-state index < -0.39 is 0 Å². The summed E-state index contributed by atoms with van der Waals surface area (Å²) in [6, 6.07) is 0. The third-order valence-corrected chi connectivity index (χ3v) is 2.57. The Labute approximate surface area is 83.5 Å². The van der Waals surface area contributed by atoms with Crippen molar-refractivity contribution in [3.63, 3.8) is 0 Å². The molecule has 0 amide bonds. The predicted molar refractivity (Wildman–Crippen MR) is 51.7 cm³/mol. The molecule has 0 aliphatic carbocycles. The van der Waals surface area contributed by atoms with Crippen LogP contribution in [0.3, 0.4) is 0 Å². The van der Waals surface area contributed by atoms with Gasteiger partial charge in [0.05, 0.1) is 18.9 Å². The van der Waals surface area contributed by atoms with Crippen molar-refractivity contribution in [1.82, 2.24) is 9.78 Å². The molecule has 1 atom stereocenters. The Balaban J connectivity index is 1.79. The molecule has 0 bridgehead atoms. The van der Waals surface area contributed by atoms with E-state index in [4.69, 9.17) is 9.84 Å². The highest BCUT2D eigenvalue weighted by atomic mass is 16.5. The highest BCUT2D eigenvalue weighted by Gasteiger charge is 2.14. The van der Waals surface area contributed by atoms with Crippen LogP contribution in [0.1, 0.15) is 24.8 Å². The van der Waals surface area contributed by atoms with E-state index in [0.29, 0.717) is 6.10 Å². The molecule has 1 aliphatic rings. The van der Waals surface area contributed by atoms with Gasteiger partial charge < -0.3 is 9.84 Å². The van der Waals surface area contributed by atoms with Gasteiger partial charge in [0.2, 0.25) is 0 Å². The first-order chi connectivity index (χ1) is 6.88. The van der Waals surface area contributed by atoms with E-state index in [2.05, 4.69) is 5.10 Å². The van der Waals surface area contributed by atoms with Crippen LogP contribution in [-0.2, 0) is 17.9 Å². The van der Waals surface area contributed by atoms with Crippen LogP contribution in [0.15, 0.2) is 12.4 Å². The Hall–Kier alpha value is -0.870. The minimum absolute atomic E-state index is 0.0694. The highest BCUT2D eigenvalue weighted by molar-refractivity contribution is 5.01. The summed E-state index contributed by atoms with van der Waals surface area (Å²) in [4.78, 5) is 0. The third-order valence-electron chi connectivity index (χ3n) is 2.57. The summed E-state index contributed by atoms with van der Waals surface area (Å²) in [6.45, 7) is 1.86. The summed E-state index contributed by atoms with van der Waals surface area (Å²) in [5.74, 6) is 0. The van der Waals surface area contributed by atoms with Gasteiger partial charge in [0.15, 0.2) is 0 Å². The first-order valence-electron chi connectivity index (χ1n) is 5.12. The van der Waals surface area contributed by atoms with Gasteiger partial charge in [0.25, 0.3) is 0 Å². The number of aryl methyl sites for hydroxylation is 1. The lowest BCUT2D eigenvalue weighted by Crippen LogP contribution is -2.10. The van der Waals surface area contributed by atoms with Gasteiger partial charge in [-0.05, 0) is 19.3 Å². The van der Waals surface area contributed by atoms with Crippen LogP contribution >= 0.6 is 0 Å². The van der Waals surface area contributed by atoms with Gasteiger partial charge in [-0.15, -0.1) is 0 Å². The number of hydrogen-bond acceptors (Lipinski definition) is 3. The van der Waals surface area contributed by atoms with Crippen molar-refractivity contribution >= 4 is 0 Å². The van der Waals surface area contributed by atoms with Gasteiger partial charge in [-0.25, -0.2) is 0 Å². The van der Waals surface area contributed by atoms with Crippen molar-refractivity contribution < 1.29 is 9.84 Å². The van der Waals surface area contributed by atoms with Crippen molar-refractivity contribution in [2.45, 2.75) is 38.5 Å². The Bertz CT molecular complexity index is 279. The fourth-order valence-electron chi connectivity index (χ4n) is 1.76. The van der Waals surface area contributed by atoms with Gasteiger partial charge in [-0.1, -0.05) is 0 Å². The molecule has 2 rings (SSSR count). The number of aromatic nitrogens is 2. The van der Waals surface area contributed by atoms with E-state index in [9.17, 15) is 0 Å². The second-order valence-electron chi connectivity index (χ2n) is 3.69. The topological polar surface area (TPSA) is 47.3 Å². The van der Waals surface area contributed by atoms with Crippen LogP contribution < -0.4 is 0 Å². The molecule has 0 aromatic carbocycles. The van der Waals surface area contributed by atoms with Crippen molar-refractivity contribution in [3.8, 4) is 0 Å². The molecule has 1 aromatic heterocycles. The molecule has 14 heavy (non-hydrogen) atoms. The standard InChI is InChI=1S/C10H16N2O2/c13-8-9-6-11-12(7-9)4-3-10-2-1-5-14-10/h6-7,10,13H,1-5,8H2. The van der Waals surface area contributed by atoms with Crippen molar-refractivity contribution in [1.29, 1.82) is 0 Å². The smallest absolute Gasteiger partial charge is 0.0712 e. The van der Waals surface area contributed by atoms with Crippen molar-refractivity contribution in [3.05, 3.63) is 18.0 Å². The Morgan fingerprint density at radius 3 is 3.21 bits per heavy atom. The minimum atomic E-state index is 0.0694. The zero-order valence-corrected chi connectivity index (χ0v) is 8.22. The Morgan fingerprint density at radius 1 is 1.64 bits per heavy atom. The van der Waals surface area contributed by atoms with E-state index in [1.165, 1.54) is 12.8 Å². The summed E-state index contributed by atoms with van der Waals surface area (Å²) in [5, 5.41) is 13.0. The molecular weight excluding hydrogens is 180 g/mol. The largest absolute Gasteiger partial charge is 0.392 e. The normalized spacial score (nSPS) is 21.6. The molecule has 2 heterocycles. The molecule has 4 nitrogen and oxygen atoms in total. The second kappa shape index (κ2) is 4.57. The average Bonchev–Trinajstić information content (AvgIpc) is 2.86. The molecule has 1 aromatic rings. The number of aliphatic hydroxyl groups is 1. The van der Waals surface area contributed by atoms with E-state index in [1.54, 1.807) is 6.20 Å². The van der Waals surface area contributed by atoms with Crippen LogP contribution in [0.4, 0.5) is 0 Å². The third kappa shape index (κ3) is 2.33. The number of aliphatic hydroxyl groups excluding tert-OH is 1. The maximum atomic E-state index is 8.85. The van der Waals surface area contributed by atoms with E-state index in [1.807, 2.05) is 10.9 Å². The average molecular weight is 196 g/mol. The first-order valence-corrected chi connectivity index (χ1v) is 5.12. The fraction of sp³-hybridized carbons (Fsp3) is 0.700. The number of nitrogens with zero attached hydrogens (tertiary/aromatic N) is 2. The maximum Gasteiger partial charge on any atom is 0.0712 e. The molecule has 1 fully saturated rings. The number of ether oxygens (including phenoxy) is 1. The predicted octanol–water partition coefficient (Wildman–Crippen LogP) is 0.944. The Kier molecular flexibility index (Phi) is 3.16. The summed E-state index contributed by atoms with van der Waals surface area (Å²) >= 11 is 0. The molecule has 1 N–H and O–H groups in total. The quantitative estimate of drug-likeness (QED) is 0.779. The summed E-state index contributed by atoms with van der Waals surface area (Å²) in [5.41, 5.74) is 0.873. The monoisotopic (exact) mass is 196 g/mol. The molecule has 1 unspecified atom stereocenters. The molecule has 0 radical (unpaired) electrons. The van der Waals surface area contributed by atoms with Crippen LogP contribution in [0.25, 0.3) is 0 Å². The highest BCUT2D eigenvalue weighted by Crippen LogP contribution is 2.15. The van der Waals surface area contributed by atoms with Crippen molar-refractivity contribution in [2.24, 2.45) is 0 Å². The SMILES string of the molecule is OCc1cnn(CCC2CCCO2)c1. The van der Waals surface area contributed by atoms with Crippen LogP contribution in [0.2, 0.25) is 0 Å². The molecule has 0 saturated carbocycles. The molecular formula is C10H16N2O2. The maximum absolute atomic E-state index is 8.85. The fourth-order valence-corrected chi connectivity index (χ4v) is 1.76. The lowest BCUT2D eigenvalue weighted by molar-refractivity contribution is 0.0994. The lowest BCUT2D eigenvalue weighted by atomic mass is 10.2. The van der Waals surface area contributed by atoms with E-state index >= 15 is 0 Å². The van der Waals surface area contributed by atoms with Gasteiger partial charge >= 0.3 is 0 Å². The van der Waals surface area contributed by atoms with E-state index in [0.717, 1.165) is 25.1 Å². The first kappa shape index (κ1) is 9.68. The van der Waals surface area contributed by atoms with Crippen LogP contribution in [0, 0.1) is 0 Å².